The second-order valence-corrected chi connectivity index (χ2v) is 12.1. The van der Waals surface area contributed by atoms with E-state index in [0.717, 1.165) is 0 Å². The van der Waals surface area contributed by atoms with Crippen LogP contribution in [0.25, 0.3) is 0 Å². The van der Waals surface area contributed by atoms with Crippen molar-refractivity contribution in [1.29, 1.82) is 0 Å². The number of amides is 1. The van der Waals surface area contributed by atoms with E-state index in [9.17, 15) is 38.6 Å². The summed E-state index contributed by atoms with van der Waals surface area (Å²) in [4.78, 5) is 71.8. The van der Waals surface area contributed by atoms with Gasteiger partial charge in [-0.3, -0.25) is 33.8 Å². The normalized spacial score (nSPS) is 34.1. The third-order valence-corrected chi connectivity index (χ3v) is 9.17. The van der Waals surface area contributed by atoms with Crippen molar-refractivity contribution in [2.45, 2.75) is 43.6 Å². The van der Waals surface area contributed by atoms with E-state index in [1.54, 1.807) is 28.2 Å². The van der Waals surface area contributed by atoms with Gasteiger partial charge in [-0.15, -0.1) is 0 Å². The van der Waals surface area contributed by atoms with E-state index >= 15 is 0 Å². The van der Waals surface area contributed by atoms with Gasteiger partial charge in [-0.05, 0) is 56.5 Å². The highest BCUT2D eigenvalue weighted by molar-refractivity contribution is 6.32. The number of Topliss-reactive ketones (excluding diaryl/α,β-unsaturated/α-hetero) is 4. The van der Waals surface area contributed by atoms with Crippen LogP contribution in [-0.2, 0) is 32.1 Å². The number of phenolic OH excluding ortho intramolecular Hbond substituents is 1. The topological polar surface area (TPSA) is 162 Å². The highest BCUT2D eigenvalue weighted by Gasteiger charge is 2.69. The molecule has 2 unspecified atom stereocenters. The van der Waals surface area contributed by atoms with Crippen LogP contribution in [0.2, 0.25) is 0 Å². The standard InChI is InChI=1S/C28H35FN4O7/c1-31(2)21-13(10-33-6-5-14(29)11-33)9-17(34)19-15(21)7-12-8-16-22(32(3)4)24(36)20(27(30)39)26(38)28(16,40)25(37)18(12)23(19)35/h9,12,14,16,18,20,22,34,40H,5-8,10-11H2,1-4H3,(H2,30,39)/t12-,14+,16-,18?,20?,22-,28-/m0/s1. The third kappa shape index (κ3) is 3.99. The number of aliphatic hydroxyl groups is 1. The molecule has 1 aliphatic heterocycles. The van der Waals surface area contributed by atoms with Crippen molar-refractivity contribution in [1.82, 2.24) is 9.80 Å². The van der Waals surface area contributed by atoms with Crippen LogP contribution >= 0.6 is 0 Å². The first kappa shape index (κ1) is 28.3. The number of fused-ring (bicyclic) bond motifs is 3. The molecule has 0 aromatic heterocycles. The van der Waals surface area contributed by atoms with Gasteiger partial charge < -0.3 is 20.8 Å². The maximum Gasteiger partial charge on any atom is 0.235 e. The van der Waals surface area contributed by atoms with E-state index in [2.05, 4.69) is 0 Å². The number of carbonyl (C=O) groups is 5. The number of anilines is 1. The molecule has 1 amide bonds. The number of hydrogen-bond donors (Lipinski definition) is 3. The molecule has 0 radical (unpaired) electrons. The summed E-state index contributed by atoms with van der Waals surface area (Å²) in [5.41, 5.74) is 4.47. The fourth-order valence-electron chi connectivity index (χ4n) is 7.58. The Hall–Kier alpha value is -3.22. The molecule has 3 fully saturated rings. The largest absolute Gasteiger partial charge is 0.507 e. The number of halogens is 1. The molecule has 1 aromatic rings. The molecule has 40 heavy (non-hydrogen) atoms. The minimum atomic E-state index is -2.75. The summed E-state index contributed by atoms with van der Waals surface area (Å²) in [5, 5.41) is 22.7. The molecule has 216 valence electrons. The van der Waals surface area contributed by atoms with Gasteiger partial charge in [0.15, 0.2) is 34.7 Å². The molecule has 4 N–H and O–H groups in total. The smallest absolute Gasteiger partial charge is 0.235 e. The lowest BCUT2D eigenvalue weighted by molar-refractivity contribution is -0.181. The van der Waals surface area contributed by atoms with E-state index < -0.39 is 70.5 Å². The van der Waals surface area contributed by atoms with Crippen LogP contribution in [-0.4, -0.2) is 108 Å². The van der Waals surface area contributed by atoms with Gasteiger partial charge in [0.05, 0.1) is 17.5 Å². The Kier molecular flexibility index (Phi) is 6.87. The van der Waals surface area contributed by atoms with Crippen molar-refractivity contribution >= 4 is 34.7 Å². The van der Waals surface area contributed by atoms with Gasteiger partial charge in [0, 0.05) is 45.3 Å². The summed E-state index contributed by atoms with van der Waals surface area (Å²) in [7, 11) is 6.68. The molecule has 12 heteroatoms. The monoisotopic (exact) mass is 558 g/mol. The summed E-state index contributed by atoms with van der Waals surface area (Å²) in [6.07, 6.45) is -0.350. The molecule has 7 atom stereocenters. The first-order valence-electron chi connectivity index (χ1n) is 13.5. The van der Waals surface area contributed by atoms with Crippen LogP contribution in [0.15, 0.2) is 6.07 Å². The van der Waals surface area contributed by atoms with Crippen molar-refractivity contribution in [3.8, 4) is 5.75 Å². The zero-order valence-electron chi connectivity index (χ0n) is 23.0. The number of likely N-dealkylation sites (tertiary alicyclic amines) is 1. The van der Waals surface area contributed by atoms with Gasteiger partial charge >= 0.3 is 0 Å². The molecule has 1 aromatic carbocycles. The van der Waals surface area contributed by atoms with E-state index in [1.807, 2.05) is 9.80 Å². The fourth-order valence-corrected chi connectivity index (χ4v) is 7.58. The highest BCUT2D eigenvalue weighted by atomic mass is 19.1. The number of alkyl halides is 1. The minimum Gasteiger partial charge on any atom is -0.507 e. The highest BCUT2D eigenvalue weighted by Crippen LogP contribution is 2.52. The van der Waals surface area contributed by atoms with E-state index in [4.69, 9.17) is 5.73 Å². The lowest BCUT2D eigenvalue weighted by atomic mass is 9.52. The predicted molar refractivity (Wildman–Crippen MR) is 140 cm³/mol. The molecule has 1 saturated heterocycles. The molecule has 3 aliphatic carbocycles. The Labute approximate surface area is 231 Å². The first-order chi connectivity index (χ1) is 18.7. The van der Waals surface area contributed by atoms with Crippen LogP contribution < -0.4 is 10.6 Å². The van der Waals surface area contributed by atoms with Gasteiger partial charge in [0.25, 0.3) is 0 Å². The number of nitrogens with two attached hydrogens (primary N) is 1. The summed E-state index contributed by atoms with van der Waals surface area (Å²) < 4.78 is 13.9. The quantitative estimate of drug-likeness (QED) is 0.401. The maximum absolute atomic E-state index is 13.9. The summed E-state index contributed by atoms with van der Waals surface area (Å²) in [6, 6.07) is 0.303. The first-order valence-corrected chi connectivity index (χ1v) is 13.5. The zero-order valence-corrected chi connectivity index (χ0v) is 23.0. The number of ketones is 4. The number of carbonyl (C=O) groups excluding carboxylic acids is 5. The van der Waals surface area contributed by atoms with Crippen LogP contribution in [0.4, 0.5) is 10.1 Å². The fraction of sp³-hybridized carbons (Fsp3) is 0.607. The number of benzene rings is 1. The van der Waals surface area contributed by atoms with Gasteiger partial charge in [0.2, 0.25) is 5.91 Å². The Morgan fingerprint density at radius 2 is 1.85 bits per heavy atom. The Balaban J connectivity index is 1.61. The molecular weight excluding hydrogens is 523 g/mol. The number of primary amides is 1. The average Bonchev–Trinajstić information content (AvgIpc) is 3.24. The molecule has 4 aliphatic rings. The minimum absolute atomic E-state index is 0.0165. The van der Waals surface area contributed by atoms with Crippen molar-refractivity contribution in [3.05, 3.63) is 22.8 Å². The number of hydrogen-bond acceptors (Lipinski definition) is 10. The van der Waals surface area contributed by atoms with Gasteiger partial charge in [-0.25, -0.2) is 4.39 Å². The summed E-state index contributed by atoms with van der Waals surface area (Å²) in [5.74, 6) is -10.8. The molecule has 0 spiro atoms. The van der Waals surface area contributed by atoms with Crippen molar-refractivity contribution < 1.29 is 38.6 Å². The summed E-state index contributed by atoms with van der Waals surface area (Å²) in [6.45, 7) is 1.19. The predicted octanol–water partition coefficient (Wildman–Crippen LogP) is -0.523. The molecule has 0 bridgehead atoms. The van der Waals surface area contributed by atoms with Gasteiger partial charge in [0.1, 0.15) is 11.9 Å². The van der Waals surface area contributed by atoms with E-state index in [0.29, 0.717) is 36.3 Å². The van der Waals surface area contributed by atoms with Gasteiger partial charge in [-0.1, -0.05) is 0 Å². The summed E-state index contributed by atoms with van der Waals surface area (Å²) >= 11 is 0. The maximum atomic E-state index is 13.9. The zero-order chi connectivity index (χ0) is 29.4. The molecule has 5 rings (SSSR count). The van der Waals surface area contributed by atoms with Crippen molar-refractivity contribution in [2.75, 3.05) is 46.2 Å². The van der Waals surface area contributed by atoms with Crippen LogP contribution in [0.3, 0.4) is 0 Å². The van der Waals surface area contributed by atoms with Crippen LogP contribution in [0.1, 0.15) is 34.3 Å². The lowest BCUT2D eigenvalue weighted by Gasteiger charge is -2.52. The van der Waals surface area contributed by atoms with E-state index in [1.165, 1.54) is 11.0 Å². The van der Waals surface area contributed by atoms with Crippen molar-refractivity contribution in [2.24, 2.45) is 29.4 Å². The SMILES string of the molecule is CN(C)c1c(CN2CC[C@@H](F)C2)cc(O)c2c1C[C@H]1C[C@H]3[C@H](N(C)C)C(=O)C(C(N)=O)C(=O)[C@@]3(O)C(=O)C1C2=O. The number of nitrogens with zero attached hydrogens (tertiary/aromatic N) is 3. The Morgan fingerprint density at radius 3 is 2.40 bits per heavy atom. The van der Waals surface area contributed by atoms with Crippen molar-refractivity contribution in [3.63, 3.8) is 0 Å². The number of phenols is 1. The second kappa shape index (κ2) is 9.71. The Bertz CT molecular complexity index is 1330. The number of aromatic hydroxyl groups is 1. The average molecular weight is 559 g/mol. The lowest BCUT2D eigenvalue weighted by Crippen LogP contribution is -2.74. The van der Waals surface area contributed by atoms with Crippen LogP contribution in [0.5, 0.6) is 5.75 Å². The number of rotatable bonds is 5. The molecule has 1 heterocycles. The van der Waals surface area contributed by atoms with Gasteiger partial charge in [-0.2, -0.15) is 0 Å². The van der Waals surface area contributed by atoms with Crippen LogP contribution in [0, 0.1) is 23.7 Å². The van der Waals surface area contributed by atoms with E-state index in [-0.39, 0.29) is 30.7 Å². The Morgan fingerprint density at radius 1 is 1.18 bits per heavy atom. The third-order valence-electron chi connectivity index (χ3n) is 9.17. The molecule has 2 saturated carbocycles. The second-order valence-electron chi connectivity index (χ2n) is 12.1. The number of likely N-dealkylation sites (N-methyl/N-ethyl adjacent to an activating group) is 1. The molecular formula is C28H35FN4O7. The molecule has 11 nitrogen and oxygen atoms in total.